The zero-order valence-electron chi connectivity index (χ0n) is 55.5. The molecule has 2 atom stereocenters. The maximum atomic E-state index is 12.9. The van der Waals surface area contributed by atoms with E-state index >= 15 is 0 Å². The quantitative estimate of drug-likeness (QED) is 0.0195. The normalized spacial score (nSPS) is 13.2. The number of nitrogens with zero attached hydrogens (tertiary/aromatic N) is 1. The Morgan fingerprint density at radius 3 is 0.963 bits per heavy atom. The van der Waals surface area contributed by atoms with Crippen molar-refractivity contribution in [3.63, 3.8) is 0 Å². The topological polar surface area (TPSA) is 111 Å². The number of hydrogen-bond donors (Lipinski definition) is 0. The van der Waals surface area contributed by atoms with Gasteiger partial charge < -0.3 is 27.9 Å². The number of ether oxygens (including phenoxy) is 2. The zero-order chi connectivity index (χ0) is 59.8. The number of allylic oxidation sites excluding steroid dienone is 4. The van der Waals surface area contributed by atoms with E-state index in [0.717, 1.165) is 38.5 Å². The molecular formula is C72H140NO8P. The molecule has 0 amide bonds. The van der Waals surface area contributed by atoms with Crippen molar-refractivity contribution in [3.8, 4) is 0 Å². The van der Waals surface area contributed by atoms with E-state index in [2.05, 4.69) is 38.2 Å². The maximum Gasteiger partial charge on any atom is 0.306 e. The summed E-state index contributed by atoms with van der Waals surface area (Å²) in [5.41, 5.74) is 0. The molecule has 486 valence electrons. The molecule has 0 saturated carbocycles. The first-order chi connectivity index (χ1) is 40.0. The summed E-state index contributed by atoms with van der Waals surface area (Å²) in [5, 5.41) is 0. The summed E-state index contributed by atoms with van der Waals surface area (Å²) in [6, 6.07) is 0. The summed E-state index contributed by atoms with van der Waals surface area (Å²) >= 11 is 0. The molecule has 0 fully saturated rings. The summed E-state index contributed by atoms with van der Waals surface area (Å²) in [4.78, 5) is 38.1. The van der Waals surface area contributed by atoms with Crippen molar-refractivity contribution in [2.45, 2.75) is 380 Å². The van der Waals surface area contributed by atoms with Crippen LogP contribution in [0.2, 0.25) is 0 Å². The molecule has 0 spiro atoms. The molecule has 0 radical (unpaired) electrons. The van der Waals surface area contributed by atoms with E-state index in [1.165, 1.54) is 302 Å². The number of quaternary nitrogens is 1. The highest BCUT2D eigenvalue weighted by Crippen LogP contribution is 2.38. The number of esters is 2. The molecule has 0 aliphatic heterocycles. The van der Waals surface area contributed by atoms with Gasteiger partial charge >= 0.3 is 11.9 Å². The minimum absolute atomic E-state index is 0.0273. The fourth-order valence-corrected chi connectivity index (χ4v) is 11.7. The van der Waals surface area contributed by atoms with Gasteiger partial charge in [0.25, 0.3) is 7.82 Å². The number of carbonyl (C=O) groups is 2. The molecule has 0 aromatic rings. The van der Waals surface area contributed by atoms with Crippen molar-refractivity contribution in [1.82, 2.24) is 0 Å². The summed E-state index contributed by atoms with van der Waals surface area (Å²) in [7, 11) is 1.19. The average molecular weight is 1180 g/mol. The number of phosphoric acid groups is 1. The van der Waals surface area contributed by atoms with Gasteiger partial charge in [-0.3, -0.25) is 14.2 Å². The average Bonchev–Trinajstić information content (AvgIpc) is 3.46. The van der Waals surface area contributed by atoms with Crippen LogP contribution in [-0.4, -0.2) is 70.0 Å². The van der Waals surface area contributed by atoms with Gasteiger partial charge in [-0.2, -0.15) is 0 Å². The molecule has 0 aromatic carbocycles. The largest absolute Gasteiger partial charge is 0.756 e. The molecule has 82 heavy (non-hydrogen) atoms. The highest BCUT2D eigenvalue weighted by molar-refractivity contribution is 7.45. The number of phosphoric ester groups is 1. The molecule has 0 aliphatic carbocycles. The van der Waals surface area contributed by atoms with Gasteiger partial charge in [-0.1, -0.05) is 340 Å². The van der Waals surface area contributed by atoms with Gasteiger partial charge in [-0.25, -0.2) is 0 Å². The molecule has 2 unspecified atom stereocenters. The second kappa shape index (κ2) is 64.0. The smallest absolute Gasteiger partial charge is 0.306 e. The van der Waals surface area contributed by atoms with Crippen LogP contribution in [0.3, 0.4) is 0 Å². The Balaban J connectivity index is 3.97. The van der Waals surface area contributed by atoms with E-state index in [-0.39, 0.29) is 32.0 Å². The molecule has 10 heteroatoms. The van der Waals surface area contributed by atoms with E-state index in [9.17, 15) is 19.0 Å². The van der Waals surface area contributed by atoms with E-state index in [1.54, 1.807) is 0 Å². The van der Waals surface area contributed by atoms with Crippen LogP contribution < -0.4 is 4.89 Å². The van der Waals surface area contributed by atoms with Crippen LogP contribution >= 0.6 is 7.82 Å². The van der Waals surface area contributed by atoms with Crippen LogP contribution in [0.5, 0.6) is 0 Å². The van der Waals surface area contributed by atoms with Crippen LogP contribution in [0, 0.1) is 0 Å². The van der Waals surface area contributed by atoms with Crippen LogP contribution in [-0.2, 0) is 32.7 Å². The van der Waals surface area contributed by atoms with E-state index in [4.69, 9.17) is 18.5 Å². The van der Waals surface area contributed by atoms with Crippen LogP contribution in [0.4, 0.5) is 0 Å². The summed E-state index contributed by atoms with van der Waals surface area (Å²) in [6.07, 6.45) is 79.9. The lowest BCUT2D eigenvalue weighted by molar-refractivity contribution is -0.870. The molecule has 9 nitrogen and oxygen atoms in total. The molecular weight excluding hydrogens is 1040 g/mol. The molecule has 0 N–H and O–H groups in total. The van der Waals surface area contributed by atoms with Crippen LogP contribution in [0.15, 0.2) is 24.3 Å². The number of unbranched alkanes of at least 4 members (excludes halogenated alkanes) is 50. The second-order valence-electron chi connectivity index (χ2n) is 26.0. The van der Waals surface area contributed by atoms with Gasteiger partial charge in [-0.05, 0) is 44.9 Å². The van der Waals surface area contributed by atoms with Crippen molar-refractivity contribution < 1.29 is 42.1 Å². The number of carbonyl (C=O) groups excluding carboxylic acids is 2. The predicted octanol–water partition coefficient (Wildman–Crippen LogP) is 22.6. The standard InChI is InChI=1S/C72H140NO8P/c1-6-8-10-12-14-16-18-20-22-24-26-28-30-32-34-35-36-37-39-40-42-44-46-48-50-52-54-56-58-60-62-64-71(74)78-68-70(69-80-82(76,77)79-67-66-73(3,4)5)81-72(75)65-63-61-59-57-55-53-51-49-47-45-43-41-38-33-31-29-27-25-23-21-19-17-15-13-11-9-7-2/h19,21,25,27,70H,6-18,20,22-24,26,28-69H2,1-5H3/b21-19-,27-25-. The molecule has 0 aliphatic rings. The maximum absolute atomic E-state index is 12.9. The fourth-order valence-electron chi connectivity index (χ4n) is 10.9. The van der Waals surface area contributed by atoms with Gasteiger partial charge in [0.15, 0.2) is 6.10 Å². The Morgan fingerprint density at radius 1 is 0.378 bits per heavy atom. The minimum atomic E-state index is -4.64. The van der Waals surface area contributed by atoms with Crippen molar-refractivity contribution in [2.75, 3.05) is 47.5 Å². The van der Waals surface area contributed by atoms with Gasteiger partial charge in [0.1, 0.15) is 19.8 Å². The molecule has 0 rings (SSSR count). The third-order valence-electron chi connectivity index (χ3n) is 16.5. The second-order valence-corrected chi connectivity index (χ2v) is 27.4. The molecule has 0 aromatic heterocycles. The van der Waals surface area contributed by atoms with Crippen LogP contribution in [0.25, 0.3) is 0 Å². The first-order valence-corrected chi connectivity index (χ1v) is 37.5. The Kier molecular flexibility index (Phi) is 62.8. The van der Waals surface area contributed by atoms with Crippen molar-refractivity contribution >= 4 is 19.8 Å². The first-order valence-electron chi connectivity index (χ1n) is 36.0. The van der Waals surface area contributed by atoms with Crippen molar-refractivity contribution in [1.29, 1.82) is 0 Å². The SMILES string of the molecule is CCCCCCC/C=C\C/C=C\CCCCCCCCCCCCCCCCCC(=O)OC(COC(=O)CCCCCCCCCCCCCCCCCCCCCCCCCCCCCCCCC)COP(=O)([O-])OCC[N+](C)(C)C. The van der Waals surface area contributed by atoms with Crippen molar-refractivity contribution in [3.05, 3.63) is 24.3 Å². The molecule has 0 heterocycles. The summed E-state index contributed by atoms with van der Waals surface area (Å²) in [5.74, 6) is -0.810. The third kappa shape index (κ3) is 67.6. The van der Waals surface area contributed by atoms with E-state index in [0.29, 0.717) is 17.4 Å². The number of rotatable bonds is 68. The fraction of sp³-hybridized carbons (Fsp3) is 0.917. The van der Waals surface area contributed by atoms with Gasteiger partial charge in [0, 0.05) is 12.8 Å². The van der Waals surface area contributed by atoms with Crippen LogP contribution in [0.1, 0.15) is 373 Å². The highest BCUT2D eigenvalue weighted by atomic mass is 31.2. The van der Waals surface area contributed by atoms with Gasteiger partial charge in [-0.15, -0.1) is 0 Å². The lowest BCUT2D eigenvalue weighted by Crippen LogP contribution is -2.37. The number of hydrogen-bond acceptors (Lipinski definition) is 8. The summed E-state index contributed by atoms with van der Waals surface area (Å²) in [6.45, 7) is 4.31. The Bertz CT molecular complexity index is 1430. The Hall–Kier alpha value is -1.51. The predicted molar refractivity (Wildman–Crippen MR) is 351 cm³/mol. The monoisotopic (exact) mass is 1180 g/mol. The van der Waals surface area contributed by atoms with Crippen molar-refractivity contribution in [2.24, 2.45) is 0 Å². The summed E-state index contributed by atoms with van der Waals surface area (Å²) < 4.78 is 34.3. The lowest BCUT2D eigenvalue weighted by Gasteiger charge is -2.28. The Labute approximate surface area is 510 Å². The third-order valence-corrected chi connectivity index (χ3v) is 17.4. The van der Waals surface area contributed by atoms with Gasteiger partial charge in [0.05, 0.1) is 27.7 Å². The lowest BCUT2D eigenvalue weighted by atomic mass is 10.0. The first kappa shape index (κ1) is 80.5. The minimum Gasteiger partial charge on any atom is -0.756 e. The zero-order valence-corrected chi connectivity index (χ0v) is 56.4. The molecule has 0 bridgehead atoms. The Morgan fingerprint density at radius 2 is 0.659 bits per heavy atom. The molecule has 0 saturated heterocycles. The van der Waals surface area contributed by atoms with Gasteiger partial charge in [0.2, 0.25) is 0 Å². The van der Waals surface area contributed by atoms with E-state index < -0.39 is 26.5 Å². The number of likely N-dealkylation sites (N-methyl/N-ethyl adjacent to an activating group) is 1. The highest BCUT2D eigenvalue weighted by Gasteiger charge is 2.22. The van der Waals surface area contributed by atoms with E-state index in [1.807, 2.05) is 21.1 Å².